The maximum Gasteiger partial charge on any atom is 0.223 e. The van der Waals surface area contributed by atoms with E-state index in [0.717, 1.165) is 41.8 Å². The molecular weight excluding hydrogens is 286 g/mol. The Labute approximate surface area is 137 Å². The van der Waals surface area contributed by atoms with Crippen LogP contribution in [0.15, 0.2) is 36.4 Å². The number of fused-ring (bicyclic) bond motifs is 1. The average molecular weight is 311 g/mol. The Balaban J connectivity index is 1.76. The van der Waals surface area contributed by atoms with Crippen LogP contribution in [0.4, 0.5) is 0 Å². The van der Waals surface area contributed by atoms with Crippen molar-refractivity contribution in [2.75, 3.05) is 0 Å². The molecule has 1 aromatic carbocycles. The molecule has 3 rings (SSSR count). The van der Waals surface area contributed by atoms with Gasteiger partial charge >= 0.3 is 0 Å². The molecule has 0 bridgehead atoms. The summed E-state index contributed by atoms with van der Waals surface area (Å²) >= 11 is 0. The zero-order valence-corrected chi connectivity index (χ0v) is 13.8. The van der Waals surface area contributed by atoms with Gasteiger partial charge in [0.15, 0.2) is 0 Å². The molecule has 1 aliphatic rings. The molecule has 4 nitrogen and oxygen atoms in total. The third-order valence-electron chi connectivity index (χ3n) is 4.56. The second-order valence-corrected chi connectivity index (χ2v) is 6.61. The number of benzene rings is 1. The Morgan fingerprint density at radius 2 is 2.04 bits per heavy atom. The SMILES string of the molecule is C=C(C)Cn1c(CNC(=O)C2CCCCC2)nc2ccccc21. The van der Waals surface area contributed by atoms with E-state index in [9.17, 15) is 4.79 Å². The third kappa shape index (κ3) is 3.63. The number of amides is 1. The molecule has 1 aliphatic carbocycles. The van der Waals surface area contributed by atoms with E-state index in [-0.39, 0.29) is 11.8 Å². The highest BCUT2D eigenvalue weighted by Gasteiger charge is 2.21. The number of aromatic nitrogens is 2. The Hall–Kier alpha value is -2.10. The molecule has 4 heteroatoms. The van der Waals surface area contributed by atoms with Gasteiger partial charge in [-0.15, -0.1) is 0 Å². The smallest absolute Gasteiger partial charge is 0.223 e. The van der Waals surface area contributed by atoms with Crippen molar-refractivity contribution in [3.63, 3.8) is 0 Å². The van der Waals surface area contributed by atoms with Crippen molar-refractivity contribution in [2.24, 2.45) is 5.92 Å². The molecule has 2 aromatic rings. The van der Waals surface area contributed by atoms with Gasteiger partial charge in [0, 0.05) is 12.5 Å². The van der Waals surface area contributed by atoms with Crippen LogP contribution in [0.1, 0.15) is 44.9 Å². The van der Waals surface area contributed by atoms with Crippen LogP contribution >= 0.6 is 0 Å². The number of carbonyl (C=O) groups is 1. The predicted octanol–water partition coefficient (Wildman–Crippen LogP) is 3.81. The normalized spacial score (nSPS) is 15.7. The zero-order chi connectivity index (χ0) is 16.2. The quantitative estimate of drug-likeness (QED) is 0.854. The van der Waals surface area contributed by atoms with Crippen LogP contribution in [0.25, 0.3) is 11.0 Å². The highest BCUT2D eigenvalue weighted by molar-refractivity contribution is 5.79. The first kappa shape index (κ1) is 15.8. The molecule has 0 saturated heterocycles. The summed E-state index contributed by atoms with van der Waals surface area (Å²) in [6, 6.07) is 8.09. The Kier molecular flexibility index (Phi) is 4.79. The second kappa shape index (κ2) is 6.99. The molecule has 0 spiro atoms. The largest absolute Gasteiger partial charge is 0.349 e. The third-order valence-corrected chi connectivity index (χ3v) is 4.56. The van der Waals surface area contributed by atoms with Crippen LogP contribution < -0.4 is 5.32 Å². The first-order chi connectivity index (χ1) is 11.1. The predicted molar refractivity (Wildman–Crippen MR) is 93.0 cm³/mol. The Morgan fingerprint density at radius 3 is 2.78 bits per heavy atom. The summed E-state index contributed by atoms with van der Waals surface area (Å²) < 4.78 is 2.15. The van der Waals surface area contributed by atoms with Gasteiger partial charge in [0.1, 0.15) is 5.82 Å². The lowest BCUT2D eigenvalue weighted by molar-refractivity contribution is -0.126. The highest BCUT2D eigenvalue weighted by atomic mass is 16.1. The number of rotatable bonds is 5. The van der Waals surface area contributed by atoms with Gasteiger partial charge in [-0.1, -0.05) is 43.5 Å². The number of imidazole rings is 1. The number of nitrogens with zero attached hydrogens (tertiary/aromatic N) is 2. The number of carbonyl (C=O) groups excluding carboxylic acids is 1. The van der Waals surface area contributed by atoms with E-state index in [0.29, 0.717) is 6.54 Å². The van der Waals surface area contributed by atoms with Gasteiger partial charge in [0.05, 0.1) is 17.6 Å². The molecule has 23 heavy (non-hydrogen) atoms. The fourth-order valence-electron chi connectivity index (χ4n) is 3.38. The maximum absolute atomic E-state index is 12.4. The lowest BCUT2D eigenvalue weighted by Crippen LogP contribution is -2.32. The molecule has 1 fully saturated rings. The monoisotopic (exact) mass is 311 g/mol. The molecule has 0 radical (unpaired) electrons. The van der Waals surface area contributed by atoms with Crippen molar-refractivity contribution in [3.05, 3.63) is 42.2 Å². The van der Waals surface area contributed by atoms with Crippen molar-refractivity contribution in [1.29, 1.82) is 0 Å². The fourth-order valence-corrected chi connectivity index (χ4v) is 3.38. The minimum absolute atomic E-state index is 0.179. The number of hydrogen-bond donors (Lipinski definition) is 1. The van der Waals surface area contributed by atoms with Crippen LogP contribution in [0, 0.1) is 5.92 Å². The fraction of sp³-hybridized carbons (Fsp3) is 0.474. The molecule has 0 aliphatic heterocycles. The van der Waals surface area contributed by atoms with E-state index in [4.69, 9.17) is 0 Å². The summed E-state index contributed by atoms with van der Waals surface area (Å²) in [5, 5.41) is 3.09. The van der Waals surface area contributed by atoms with E-state index in [2.05, 4.69) is 27.5 Å². The van der Waals surface area contributed by atoms with Crippen molar-refractivity contribution < 1.29 is 4.79 Å². The zero-order valence-electron chi connectivity index (χ0n) is 13.8. The lowest BCUT2D eigenvalue weighted by Gasteiger charge is -2.20. The van der Waals surface area contributed by atoms with Crippen LogP contribution in [0.5, 0.6) is 0 Å². The molecule has 1 heterocycles. The molecule has 1 amide bonds. The first-order valence-corrected chi connectivity index (χ1v) is 8.51. The van der Waals surface area contributed by atoms with Gasteiger partial charge in [0.2, 0.25) is 5.91 Å². The minimum Gasteiger partial charge on any atom is -0.349 e. The first-order valence-electron chi connectivity index (χ1n) is 8.51. The van der Waals surface area contributed by atoms with E-state index in [1.165, 1.54) is 19.3 Å². The Morgan fingerprint density at radius 1 is 1.30 bits per heavy atom. The van der Waals surface area contributed by atoms with Gasteiger partial charge in [0.25, 0.3) is 0 Å². The number of nitrogens with one attached hydrogen (secondary N) is 1. The van der Waals surface area contributed by atoms with Crippen LogP contribution in [-0.2, 0) is 17.9 Å². The van der Waals surface area contributed by atoms with E-state index in [1.54, 1.807) is 0 Å². The lowest BCUT2D eigenvalue weighted by atomic mass is 9.89. The molecule has 1 saturated carbocycles. The maximum atomic E-state index is 12.4. The Bertz CT molecular complexity index is 710. The van der Waals surface area contributed by atoms with Crippen molar-refractivity contribution in [2.45, 2.75) is 52.1 Å². The number of hydrogen-bond acceptors (Lipinski definition) is 2. The van der Waals surface area contributed by atoms with Crippen LogP contribution in [-0.4, -0.2) is 15.5 Å². The van der Waals surface area contributed by atoms with E-state index >= 15 is 0 Å². The standard InChI is InChI=1S/C19H25N3O/c1-14(2)13-22-17-11-7-6-10-16(17)21-18(22)12-20-19(23)15-8-4-3-5-9-15/h6-7,10-11,15H,1,3-5,8-9,12-13H2,2H3,(H,20,23). The molecule has 122 valence electrons. The summed E-state index contributed by atoms with van der Waals surface area (Å²) in [5.41, 5.74) is 3.14. The van der Waals surface area contributed by atoms with E-state index < -0.39 is 0 Å². The number of para-hydroxylation sites is 2. The van der Waals surface area contributed by atoms with Gasteiger partial charge in [-0.2, -0.15) is 0 Å². The van der Waals surface area contributed by atoms with Gasteiger partial charge in [-0.25, -0.2) is 4.98 Å². The molecule has 0 unspecified atom stereocenters. The molecule has 1 N–H and O–H groups in total. The van der Waals surface area contributed by atoms with Crippen molar-refractivity contribution in [1.82, 2.24) is 14.9 Å². The molecular formula is C19H25N3O. The summed E-state index contributed by atoms with van der Waals surface area (Å²) in [6.45, 7) is 7.24. The van der Waals surface area contributed by atoms with Crippen molar-refractivity contribution >= 4 is 16.9 Å². The summed E-state index contributed by atoms with van der Waals surface area (Å²) in [4.78, 5) is 17.0. The highest BCUT2D eigenvalue weighted by Crippen LogP contribution is 2.24. The van der Waals surface area contributed by atoms with Crippen LogP contribution in [0.3, 0.4) is 0 Å². The molecule has 0 atom stereocenters. The molecule has 1 aromatic heterocycles. The number of allylic oxidation sites excluding steroid dienone is 1. The van der Waals surface area contributed by atoms with Gasteiger partial charge in [-0.05, 0) is 31.9 Å². The van der Waals surface area contributed by atoms with Crippen LogP contribution in [0.2, 0.25) is 0 Å². The van der Waals surface area contributed by atoms with Crippen molar-refractivity contribution in [3.8, 4) is 0 Å². The van der Waals surface area contributed by atoms with Gasteiger partial charge < -0.3 is 9.88 Å². The summed E-state index contributed by atoms with van der Waals surface area (Å²) in [7, 11) is 0. The minimum atomic E-state index is 0.179. The second-order valence-electron chi connectivity index (χ2n) is 6.61. The summed E-state index contributed by atoms with van der Waals surface area (Å²) in [5.74, 6) is 1.26. The van der Waals surface area contributed by atoms with E-state index in [1.807, 2.05) is 25.1 Å². The average Bonchev–Trinajstić information content (AvgIpc) is 2.91. The van der Waals surface area contributed by atoms with Gasteiger partial charge in [-0.3, -0.25) is 4.79 Å². The topological polar surface area (TPSA) is 46.9 Å². The summed E-state index contributed by atoms with van der Waals surface area (Å²) in [6.07, 6.45) is 5.65.